The van der Waals surface area contributed by atoms with Gasteiger partial charge in [0.25, 0.3) is 0 Å². The molecule has 3 N–H and O–H groups in total. The number of rotatable bonds is 3. The Morgan fingerprint density at radius 2 is 2.10 bits per heavy atom. The number of nitrogens with one attached hydrogen (secondary N) is 2. The van der Waals surface area contributed by atoms with E-state index < -0.39 is 0 Å². The van der Waals surface area contributed by atoms with Gasteiger partial charge in [-0.3, -0.25) is 4.79 Å². The Morgan fingerprint density at radius 1 is 1.30 bits per heavy atom. The van der Waals surface area contributed by atoms with E-state index in [1.807, 2.05) is 24.3 Å². The fourth-order valence-corrected chi connectivity index (χ4v) is 3.52. The molecule has 4 nitrogen and oxygen atoms in total. The molecule has 1 aromatic carbocycles. The predicted molar refractivity (Wildman–Crippen MR) is 78.3 cm³/mol. The lowest BCUT2D eigenvalue weighted by molar-refractivity contribution is -0.117. The van der Waals surface area contributed by atoms with Crippen LogP contribution in [0.4, 0.5) is 5.69 Å². The van der Waals surface area contributed by atoms with Crippen molar-refractivity contribution in [2.24, 2.45) is 5.92 Å². The van der Waals surface area contributed by atoms with Gasteiger partial charge in [0, 0.05) is 17.3 Å². The summed E-state index contributed by atoms with van der Waals surface area (Å²) in [5.74, 6) is 0.688. The fraction of sp³-hybridized carbons (Fsp3) is 0.562. The summed E-state index contributed by atoms with van der Waals surface area (Å²) in [6, 6.07) is 7.84. The van der Waals surface area contributed by atoms with Crippen LogP contribution >= 0.6 is 0 Å². The topological polar surface area (TPSA) is 61.4 Å². The van der Waals surface area contributed by atoms with Gasteiger partial charge in [-0.05, 0) is 31.2 Å². The molecule has 1 saturated heterocycles. The van der Waals surface area contributed by atoms with E-state index in [1.54, 1.807) is 0 Å². The van der Waals surface area contributed by atoms with Gasteiger partial charge in [0.2, 0.25) is 5.91 Å². The normalized spacial score (nSPS) is 28.9. The highest BCUT2D eigenvalue weighted by Gasteiger charge is 2.38. The van der Waals surface area contributed by atoms with Crippen molar-refractivity contribution in [3.05, 3.63) is 29.8 Å². The van der Waals surface area contributed by atoms with Crippen molar-refractivity contribution in [2.75, 3.05) is 5.32 Å². The van der Waals surface area contributed by atoms with Crippen LogP contribution in [0.25, 0.3) is 0 Å². The third-order valence-corrected chi connectivity index (χ3v) is 4.62. The van der Waals surface area contributed by atoms with E-state index >= 15 is 0 Å². The van der Waals surface area contributed by atoms with E-state index in [4.69, 9.17) is 0 Å². The van der Waals surface area contributed by atoms with E-state index in [9.17, 15) is 9.90 Å². The van der Waals surface area contributed by atoms with E-state index in [2.05, 4.69) is 10.6 Å². The van der Waals surface area contributed by atoms with Gasteiger partial charge in [0.1, 0.15) is 0 Å². The van der Waals surface area contributed by atoms with Crippen molar-refractivity contribution < 1.29 is 9.90 Å². The minimum atomic E-state index is -0.0881. The number of fused-ring (bicyclic) bond motifs is 1. The zero-order chi connectivity index (χ0) is 13.9. The van der Waals surface area contributed by atoms with Gasteiger partial charge >= 0.3 is 0 Å². The van der Waals surface area contributed by atoms with Crippen molar-refractivity contribution in [2.45, 2.75) is 50.8 Å². The summed E-state index contributed by atoms with van der Waals surface area (Å²) in [6.45, 7) is -0.0558. The largest absolute Gasteiger partial charge is 0.392 e. The molecule has 20 heavy (non-hydrogen) atoms. The molecule has 1 saturated carbocycles. The van der Waals surface area contributed by atoms with E-state index in [0.29, 0.717) is 12.0 Å². The molecule has 2 fully saturated rings. The van der Waals surface area contributed by atoms with Crippen molar-refractivity contribution in [3.8, 4) is 0 Å². The Bertz CT molecular complexity index is 475. The highest BCUT2D eigenvalue weighted by Crippen LogP contribution is 2.33. The molecule has 1 heterocycles. The zero-order valence-corrected chi connectivity index (χ0v) is 11.6. The second-order valence-electron chi connectivity index (χ2n) is 5.91. The fourth-order valence-electron chi connectivity index (χ4n) is 3.52. The second-order valence-corrected chi connectivity index (χ2v) is 5.91. The van der Waals surface area contributed by atoms with Crippen molar-refractivity contribution >= 4 is 11.6 Å². The summed E-state index contributed by atoms with van der Waals surface area (Å²) in [5.41, 5.74) is 1.48. The van der Waals surface area contributed by atoms with Gasteiger partial charge in [-0.15, -0.1) is 0 Å². The van der Waals surface area contributed by atoms with E-state index in [1.165, 1.54) is 25.7 Å². The molecule has 108 valence electrons. The molecule has 2 aliphatic rings. The van der Waals surface area contributed by atoms with Crippen molar-refractivity contribution in [1.82, 2.24) is 5.32 Å². The molecule has 1 amide bonds. The van der Waals surface area contributed by atoms with Crippen LogP contribution in [-0.4, -0.2) is 23.1 Å². The maximum atomic E-state index is 12.4. The lowest BCUT2D eigenvalue weighted by Crippen LogP contribution is -2.40. The monoisotopic (exact) mass is 274 g/mol. The number of hydrogen-bond acceptors (Lipinski definition) is 3. The van der Waals surface area contributed by atoms with Crippen molar-refractivity contribution in [3.63, 3.8) is 0 Å². The average molecular weight is 274 g/mol. The molecule has 3 rings (SSSR count). The summed E-state index contributed by atoms with van der Waals surface area (Å²) >= 11 is 0. The van der Waals surface area contributed by atoms with Gasteiger partial charge in [0.05, 0.1) is 12.6 Å². The molecule has 0 aromatic heterocycles. The quantitative estimate of drug-likeness (QED) is 0.790. The second kappa shape index (κ2) is 5.94. The first-order valence-corrected chi connectivity index (χ1v) is 7.53. The van der Waals surface area contributed by atoms with E-state index in [-0.39, 0.29) is 18.6 Å². The van der Waals surface area contributed by atoms with Crippen LogP contribution in [-0.2, 0) is 11.4 Å². The summed E-state index contributed by atoms with van der Waals surface area (Å²) in [4.78, 5) is 12.4. The first-order valence-electron chi connectivity index (χ1n) is 7.53. The van der Waals surface area contributed by atoms with Crippen LogP contribution in [0.1, 0.15) is 37.7 Å². The van der Waals surface area contributed by atoms with Crippen LogP contribution < -0.4 is 10.6 Å². The Balaban J connectivity index is 1.65. The molecule has 1 aliphatic heterocycles. The molecule has 1 aromatic rings. The summed E-state index contributed by atoms with van der Waals surface area (Å²) in [6.07, 6.45) is 5.95. The lowest BCUT2D eigenvalue weighted by atomic mass is 9.85. The SMILES string of the molecule is O=C(Nc1ccccc1CO)C1CC2CCCCC2N1. The zero-order valence-electron chi connectivity index (χ0n) is 11.6. The van der Waals surface area contributed by atoms with Crippen molar-refractivity contribution in [1.29, 1.82) is 0 Å². The standard InChI is InChI=1S/C16H22N2O2/c19-10-12-6-2-4-8-14(12)18-16(20)15-9-11-5-1-3-7-13(11)17-15/h2,4,6,8,11,13,15,17,19H,1,3,5,7,9-10H2,(H,18,20). The molecule has 3 atom stereocenters. The summed E-state index contributed by atoms with van der Waals surface area (Å²) < 4.78 is 0. The Morgan fingerprint density at radius 3 is 2.90 bits per heavy atom. The number of amides is 1. The number of anilines is 1. The first kappa shape index (κ1) is 13.6. The van der Waals surface area contributed by atoms with Crippen LogP contribution in [0, 0.1) is 5.92 Å². The van der Waals surface area contributed by atoms with Gasteiger partial charge < -0.3 is 15.7 Å². The molecule has 3 unspecified atom stereocenters. The van der Waals surface area contributed by atoms with Crippen LogP contribution in [0.3, 0.4) is 0 Å². The minimum absolute atomic E-state index is 0.0281. The third kappa shape index (κ3) is 2.72. The predicted octanol–water partition coefficient (Wildman–Crippen LogP) is 2.04. The number of aliphatic hydroxyl groups excluding tert-OH is 1. The smallest absolute Gasteiger partial charge is 0.241 e. The Hall–Kier alpha value is -1.39. The molecular weight excluding hydrogens is 252 g/mol. The van der Waals surface area contributed by atoms with Gasteiger partial charge in [-0.2, -0.15) is 0 Å². The third-order valence-electron chi connectivity index (χ3n) is 4.62. The maximum absolute atomic E-state index is 12.4. The molecule has 0 bridgehead atoms. The highest BCUT2D eigenvalue weighted by atomic mass is 16.3. The number of aliphatic hydroxyl groups is 1. The number of benzene rings is 1. The Kier molecular flexibility index (Phi) is 4.03. The summed E-state index contributed by atoms with van der Waals surface area (Å²) in [7, 11) is 0. The molecular formula is C16H22N2O2. The number of carbonyl (C=O) groups is 1. The van der Waals surface area contributed by atoms with Gasteiger partial charge in [-0.1, -0.05) is 31.0 Å². The molecule has 0 radical (unpaired) electrons. The van der Waals surface area contributed by atoms with Crippen LogP contribution in [0.5, 0.6) is 0 Å². The van der Waals surface area contributed by atoms with E-state index in [0.717, 1.165) is 17.7 Å². The molecule has 0 spiro atoms. The highest BCUT2D eigenvalue weighted by molar-refractivity contribution is 5.95. The average Bonchev–Trinajstić information content (AvgIpc) is 2.92. The minimum Gasteiger partial charge on any atom is -0.392 e. The number of hydrogen-bond donors (Lipinski definition) is 3. The first-order chi connectivity index (χ1) is 9.78. The summed E-state index contributed by atoms with van der Waals surface area (Å²) in [5, 5.41) is 15.7. The molecule has 4 heteroatoms. The Labute approximate surface area is 119 Å². The number of carbonyl (C=O) groups excluding carboxylic acids is 1. The number of para-hydroxylation sites is 1. The molecule has 1 aliphatic carbocycles. The van der Waals surface area contributed by atoms with Crippen LogP contribution in [0.15, 0.2) is 24.3 Å². The van der Waals surface area contributed by atoms with Crippen LogP contribution in [0.2, 0.25) is 0 Å². The maximum Gasteiger partial charge on any atom is 0.241 e. The van der Waals surface area contributed by atoms with Gasteiger partial charge in [-0.25, -0.2) is 0 Å². The lowest BCUT2D eigenvalue weighted by Gasteiger charge is -2.24. The van der Waals surface area contributed by atoms with Gasteiger partial charge in [0.15, 0.2) is 0 Å².